The Balaban J connectivity index is 1.33. The molecule has 0 radical (unpaired) electrons. The summed E-state index contributed by atoms with van der Waals surface area (Å²) in [4.78, 5) is 53.6. The summed E-state index contributed by atoms with van der Waals surface area (Å²) >= 11 is 1.50. The van der Waals surface area contributed by atoms with Gasteiger partial charge in [0.2, 0.25) is 11.8 Å². The minimum Gasteiger partial charge on any atom is -0.482 e. The van der Waals surface area contributed by atoms with E-state index >= 15 is 0 Å². The number of carbonyl (C=O) groups excluding carboxylic acids is 4. The zero-order valence-corrected chi connectivity index (χ0v) is 20.8. The molecule has 1 aromatic heterocycles. The number of hydrogen-bond acceptors (Lipinski definition) is 6. The van der Waals surface area contributed by atoms with Crippen LogP contribution in [0.2, 0.25) is 0 Å². The summed E-state index contributed by atoms with van der Waals surface area (Å²) in [6.07, 6.45) is 3.17. The quantitative estimate of drug-likeness (QED) is 0.567. The molecule has 0 spiro atoms. The highest BCUT2D eigenvalue weighted by atomic mass is 32.1. The van der Waals surface area contributed by atoms with E-state index in [0.29, 0.717) is 37.6 Å². The number of nitrogens with zero attached hydrogens (tertiary/aromatic N) is 2. The van der Waals surface area contributed by atoms with Gasteiger partial charge in [0.15, 0.2) is 5.06 Å². The Kier molecular flexibility index (Phi) is 6.57. The van der Waals surface area contributed by atoms with Gasteiger partial charge in [0.05, 0.1) is 18.5 Å². The van der Waals surface area contributed by atoms with Crippen LogP contribution in [0.15, 0.2) is 29.6 Å². The Morgan fingerprint density at radius 3 is 2.69 bits per heavy atom. The van der Waals surface area contributed by atoms with Crippen LogP contribution in [0, 0.1) is 5.92 Å². The molecule has 11 heteroatoms. The average Bonchev–Trinajstić information content (AvgIpc) is 3.51. The molecule has 2 aliphatic carbocycles. The Hall–Kier alpha value is -3.60. The Morgan fingerprint density at radius 1 is 1.17 bits per heavy atom. The number of thiophene rings is 1. The molecule has 0 saturated heterocycles. The zero-order valence-electron chi connectivity index (χ0n) is 20.0. The summed E-state index contributed by atoms with van der Waals surface area (Å²) in [6, 6.07) is 5.89. The Labute approximate surface area is 212 Å². The normalized spacial score (nSPS) is 20.4. The van der Waals surface area contributed by atoms with Crippen LogP contribution in [-0.4, -0.2) is 59.9 Å². The summed E-state index contributed by atoms with van der Waals surface area (Å²) in [7, 11) is 1.53. The molecule has 1 saturated carbocycles. The van der Waals surface area contributed by atoms with Gasteiger partial charge in [0, 0.05) is 18.3 Å². The number of imide groups is 1. The van der Waals surface area contributed by atoms with Crippen LogP contribution >= 0.6 is 11.3 Å². The van der Waals surface area contributed by atoms with Crippen molar-refractivity contribution in [1.82, 2.24) is 15.1 Å². The van der Waals surface area contributed by atoms with Crippen molar-refractivity contribution in [3.63, 3.8) is 0 Å². The first-order valence-corrected chi connectivity index (χ1v) is 12.9. The Bertz CT molecular complexity index is 1210. The number of nitrogens with two attached hydrogens (primary N) is 1. The van der Waals surface area contributed by atoms with Gasteiger partial charge in [-0.2, -0.15) is 0 Å². The molecule has 2 aromatic rings. The maximum Gasteiger partial charge on any atom is 0.321 e. The minimum atomic E-state index is -0.940. The van der Waals surface area contributed by atoms with E-state index in [4.69, 9.17) is 10.5 Å². The number of ether oxygens (including phenoxy) is 1. The van der Waals surface area contributed by atoms with E-state index in [9.17, 15) is 19.2 Å². The first-order valence-electron chi connectivity index (χ1n) is 12.1. The third-order valence-electron chi connectivity index (χ3n) is 7.15. The molecule has 190 valence electrons. The van der Waals surface area contributed by atoms with E-state index in [0.717, 1.165) is 39.5 Å². The van der Waals surface area contributed by atoms with Crippen LogP contribution in [0.5, 0.6) is 5.06 Å². The van der Waals surface area contributed by atoms with Gasteiger partial charge in [-0.05, 0) is 66.3 Å². The molecular formula is C25H29N5O5S. The van der Waals surface area contributed by atoms with Crippen LogP contribution < -0.4 is 21.1 Å². The molecule has 10 nitrogen and oxygen atoms in total. The second kappa shape index (κ2) is 9.81. The summed E-state index contributed by atoms with van der Waals surface area (Å²) < 4.78 is 5.97. The average molecular weight is 512 g/mol. The monoisotopic (exact) mass is 511 g/mol. The van der Waals surface area contributed by atoms with E-state index in [1.165, 1.54) is 18.4 Å². The fraction of sp³-hybridized carbons (Fsp3) is 0.440. The first-order chi connectivity index (χ1) is 17.4. The third kappa shape index (κ3) is 4.75. The second-order valence-corrected chi connectivity index (χ2v) is 10.3. The number of aryl methyl sites for hydroxylation is 1. The molecule has 4 N–H and O–H groups in total. The molecular weight excluding hydrogens is 482 g/mol. The van der Waals surface area contributed by atoms with Crippen molar-refractivity contribution >= 4 is 40.9 Å². The minimum absolute atomic E-state index is 0.0969. The van der Waals surface area contributed by atoms with Crippen LogP contribution in [0.4, 0.5) is 15.3 Å². The molecule has 3 aliphatic rings. The van der Waals surface area contributed by atoms with E-state index in [1.807, 2.05) is 17.5 Å². The first kappa shape index (κ1) is 24.1. The van der Waals surface area contributed by atoms with Crippen molar-refractivity contribution in [3.05, 3.63) is 46.3 Å². The molecule has 5 rings (SSSR count). The number of urea groups is 2. The lowest BCUT2D eigenvalue weighted by atomic mass is 9.99. The lowest BCUT2D eigenvalue weighted by Crippen LogP contribution is -2.52. The molecule has 0 bridgehead atoms. The molecule has 1 fully saturated rings. The van der Waals surface area contributed by atoms with Crippen LogP contribution in [0.1, 0.15) is 41.9 Å². The van der Waals surface area contributed by atoms with Crippen molar-refractivity contribution in [2.45, 2.75) is 44.2 Å². The summed E-state index contributed by atoms with van der Waals surface area (Å²) in [5.74, 6) is -1.01. The van der Waals surface area contributed by atoms with Crippen molar-refractivity contribution < 1.29 is 23.9 Å². The molecule has 1 aromatic carbocycles. The molecule has 6 amide bonds. The highest BCUT2D eigenvalue weighted by Gasteiger charge is 2.42. The lowest BCUT2D eigenvalue weighted by Gasteiger charge is -2.31. The molecule has 0 unspecified atom stereocenters. The van der Waals surface area contributed by atoms with Crippen molar-refractivity contribution in [3.8, 4) is 5.06 Å². The van der Waals surface area contributed by atoms with Gasteiger partial charge in [0.25, 0.3) is 0 Å². The number of anilines is 1. The predicted molar refractivity (Wildman–Crippen MR) is 134 cm³/mol. The maximum absolute atomic E-state index is 13.5. The van der Waals surface area contributed by atoms with Gasteiger partial charge in [0.1, 0.15) is 13.2 Å². The van der Waals surface area contributed by atoms with Gasteiger partial charge in [-0.1, -0.05) is 6.07 Å². The number of benzene rings is 1. The number of fused-ring (bicyclic) bond motifs is 2. The fourth-order valence-electron chi connectivity index (χ4n) is 5.09. The van der Waals surface area contributed by atoms with Gasteiger partial charge in [-0.25, -0.2) is 9.59 Å². The molecule has 2 atom stereocenters. The molecule has 36 heavy (non-hydrogen) atoms. The van der Waals surface area contributed by atoms with Crippen LogP contribution in [-0.2, 0) is 22.6 Å². The van der Waals surface area contributed by atoms with E-state index < -0.39 is 24.4 Å². The van der Waals surface area contributed by atoms with Gasteiger partial charge in [-0.3, -0.25) is 14.5 Å². The zero-order chi connectivity index (χ0) is 25.4. The van der Waals surface area contributed by atoms with Crippen LogP contribution in [0.3, 0.4) is 0 Å². The summed E-state index contributed by atoms with van der Waals surface area (Å²) in [6.45, 7) is 0.378. The SMILES string of the molecule is CNC(=O)Nc1ccc2c(c1)CC[C@@H]2C(=O)N(CC(=O)N1Cc2ccsc2OC[C@H]1C1CC1)C(N)=O. The number of carbonyl (C=O) groups is 4. The topological polar surface area (TPSA) is 134 Å². The summed E-state index contributed by atoms with van der Waals surface area (Å²) in [5, 5.41) is 7.95. The number of nitrogens with one attached hydrogen (secondary N) is 2. The molecule has 2 heterocycles. The van der Waals surface area contributed by atoms with Gasteiger partial charge in [-0.15, -0.1) is 11.3 Å². The smallest absolute Gasteiger partial charge is 0.321 e. The Morgan fingerprint density at radius 2 is 1.97 bits per heavy atom. The number of rotatable bonds is 5. The maximum atomic E-state index is 13.5. The summed E-state index contributed by atoms with van der Waals surface area (Å²) in [5.41, 5.74) is 8.86. The van der Waals surface area contributed by atoms with Gasteiger partial charge < -0.3 is 26.0 Å². The fourth-order valence-corrected chi connectivity index (χ4v) is 5.86. The van der Waals surface area contributed by atoms with E-state index in [1.54, 1.807) is 17.0 Å². The van der Waals surface area contributed by atoms with Crippen molar-refractivity contribution in [1.29, 1.82) is 0 Å². The third-order valence-corrected chi connectivity index (χ3v) is 8.01. The number of primary amides is 1. The van der Waals surface area contributed by atoms with Crippen LogP contribution in [0.25, 0.3) is 0 Å². The van der Waals surface area contributed by atoms with Crippen molar-refractivity contribution in [2.24, 2.45) is 11.7 Å². The second-order valence-electron chi connectivity index (χ2n) is 9.44. The number of amides is 6. The van der Waals surface area contributed by atoms with E-state index in [-0.39, 0.29) is 18.0 Å². The number of hydrogen-bond donors (Lipinski definition) is 3. The largest absolute Gasteiger partial charge is 0.482 e. The highest BCUT2D eigenvalue weighted by molar-refractivity contribution is 7.12. The van der Waals surface area contributed by atoms with E-state index in [2.05, 4.69) is 10.6 Å². The van der Waals surface area contributed by atoms with Crippen molar-refractivity contribution in [2.75, 3.05) is 25.5 Å². The lowest BCUT2D eigenvalue weighted by molar-refractivity contribution is -0.141. The highest BCUT2D eigenvalue weighted by Crippen LogP contribution is 2.40. The predicted octanol–water partition coefficient (Wildman–Crippen LogP) is 2.64. The van der Waals surface area contributed by atoms with Gasteiger partial charge >= 0.3 is 12.1 Å². The molecule has 1 aliphatic heterocycles. The standard InChI is InChI=1S/C25H29N5O5S/c1-27-25(34)28-17-5-7-18-15(10-17)4-6-19(18)22(32)30(24(26)33)12-21(31)29-11-16-8-9-36-23(16)35-13-20(29)14-2-3-14/h5,7-10,14,19-20H,2-4,6,11-13H2,1H3,(H2,26,33)(H2,27,28,34)/t19-,20-/m0/s1.